The maximum atomic E-state index is 12.2. The average Bonchev–Trinajstić information content (AvgIpc) is 2.14. The molecule has 1 rings (SSSR count). The zero-order valence-corrected chi connectivity index (χ0v) is 9.46. The summed E-state index contributed by atoms with van der Waals surface area (Å²) in [5, 5.41) is 11.2. The molecule has 1 saturated heterocycles. The predicted octanol–water partition coefficient (Wildman–Crippen LogP) is 0.935. The number of hydrogen-bond donors (Lipinski definition) is 2. The van der Waals surface area contributed by atoms with Gasteiger partial charge in [0.05, 0.1) is 13.1 Å². The van der Waals surface area contributed by atoms with Gasteiger partial charge in [0.15, 0.2) is 0 Å². The van der Waals surface area contributed by atoms with Crippen LogP contribution < -0.4 is 5.32 Å². The van der Waals surface area contributed by atoms with E-state index in [-0.39, 0.29) is 12.5 Å². The average molecular weight is 254 g/mol. The van der Waals surface area contributed by atoms with Crippen LogP contribution in [-0.2, 0) is 4.79 Å². The Labute approximate surface area is 97.8 Å². The molecule has 1 unspecified atom stereocenters. The molecule has 0 saturated carbocycles. The molecule has 100 valence electrons. The first-order valence-electron chi connectivity index (χ1n) is 5.58. The monoisotopic (exact) mass is 254 g/mol. The SMILES string of the molecule is O=C(O)CNCC1CCCN(CC(F)(F)F)C1. The molecule has 0 aromatic rings. The van der Waals surface area contributed by atoms with Gasteiger partial charge in [0.25, 0.3) is 0 Å². The summed E-state index contributed by atoms with van der Waals surface area (Å²) in [6.45, 7) is 0.292. The highest BCUT2D eigenvalue weighted by Crippen LogP contribution is 2.21. The molecule has 0 spiro atoms. The molecule has 17 heavy (non-hydrogen) atoms. The molecular formula is C10H17F3N2O2. The standard InChI is InChI=1S/C10H17F3N2O2/c11-10(12,13)7-15-3-1-2-8(6-15)4-14-5-9(16)17/h8,14H,1-7H2,(H,16,17). The number of aliphatic carboxylic acids is 1. The number of nitrogens with one attached hydrogen (secondary N) is 1. The van der Waals surface area contributed by atoms with Crippen molar-refractivity contribution in [3.8, 4) is 0 Å². The number of halogens is 3. The third-order valence-corrected chi connectivity index (χ3v) is 2.72. The Morgan fingerprint density at radius 1 is 1.47 bits per heavy atom. The lowest BCUT2D eigenvalue weighted by atomic mass is 9.98. The van der Waals surface area contributed by atoms with Crippen LogP contribution in [0, 0.1) is 5.92 Å². The number of carboxylic acid groups (broad SMARTS) is 1. The van der Waals surface area contributed by atoms with Gasteiger partial charge in [-0.1, -0.05) is 0 Å². The molecule has 7 heteroatoms. The fourth-order valence-corrected chi connectivity index (χ4v) is 2.10. The fraction of sp³-hybridized carbons (Fsp3) is 0.900. The van der Waals surface area contributed by atoms with Crippen molar-refractivity contribution in [3.63, 3.8) is 0 Å². The Morgan fingerprint density at radius 2 is 2.18 bits per heavy atom. The first kappa shape index (κ1) is 14.2. The van der Waals surface area contributed by atoms with Crippen molar-refractivity contribution < 1.29 is 23.1 Å². The molecule has 2 N–H and O–H groups in total. The van der Waals surface area contributed by atoms with E-state index >= 15 is 0 Å². The van der Waals surface area contributed by atoms with Gasteiger partial charge in [0.1, 0.15) is 0 Å². The predicted molar refractivity (Wildman–Crippen MR) is 55.7 cm³/mol. The van der Waals surface area contributed by atoms with E-state index in [1.54, 1.807) is 0 Å². The van der Waals surface area contributed by atoms with Crippen LogP contribution in [0.3, 0.4) is 0 Å². The largest absolute Gasteiger partial charge is 0.480 e. The number of carbonyl (C=O) groups is 1. The van der Waals surface area contributed by atoms with Crippen LogP contribution in [0.2, 0.25) is 0 Å². The molecule has 0 amide bonds. The summed E-state index contributed by atoms with van der Waals surface area (Å²) in [6.07, 6.45) is -2.58. The molecule has 0 aromatic heterocycles. The Morgan fingerprint density at radius 3 is 2.76 bits per heavy atom. The second kappa shape index (κ2) is 6.20. The highest BCUT2D eigenvalue weighted by atomic mass is 19.4. The van der Waals surface area contributed by atoms with Gasteiger partial charge in [0, 0.05) is 6.54 Å². The molecule has 0 aliphatic carbocycles. The van der Waals surface area contributed by atoms with E-state index in [9.17, 15) is 18.0 Å². The van der Waals surface area contributed by atoms with E-state index in [4.69, 9.17) is 5.11 Å². The van der Waals surface area contributed by atoms with E-state index in [0.717, 1.165) is 12.8 Å². The van der Waals surface area contributed by atoms with Gasteiger partial charge in [-0.3, -0.25) is 9.69 Å². The van der Waals surface area contributed by atoms with Crippen LogP contribution in [0.15, 0.2) is 0 Å². The molecular weight excluding hydrogens is 237 g/mol. The maximum absolute atomic E-state index is 12.2. The minimum Gasteiger partial charge on any atom is -0.480 e. The minimum atomic E-state index is -4.16. The lowest BCUT2D eigenvalue weighted by Crippen LogP contribution is -2.44. The topological polar surface area (TPSA) is 52.6 Å². The summed E-state index contributed by atoms with van der Waals surface area (Å²) < 4.78 is 36.6. The molecule has 0 bridgehead atoms. The van der Waals surface area contributed by atoms with Crippen molar-refractivity contribution >= 4 is 5.97 Å². The summed E-state index contributed by atoms with van der Waals surface area (Å²) in [4.78, 5) is 11.7. The minimum absolute atomic E-state index is 0.102. The summed E-state index contributed by atoms with van der Waals surface area (Å²) in [5.74, 6) is -0.849. The fourth-order valence-electron chi connectivity index (χ4n) is 2.10. The van der Waals surface area contributed by atoms with Crippen LogP contribution in [0.1, 0.15) is 12.8 Å². The van der Waals surface area contributed by atoms with Crippen molar-refractivity contribution in [3.05, 3.63) is 0 Å². The van der Waals surface area contributed by atoms with Crippen molar-refractivity contribution in [2.75, 3.05) is 32.7 Å². The number of alkyl halides is 3. The lowest BCUT2D eigenvalue weighted by molar-refractivity contribution is -0.149. The van der Waals surface area contributed by atoms with Crippen LogP contribution in [0.5, 0.6) is 0 Å². The molecule has 0 radical (unpaired) electrons. The number of hydrogen-bond acceptors (Lipinski definition) is 3. The number of rotatable bonds is 5. The van der Waals surface area contributed by atoms with Gasteiger partial charge in [0.2, 0.25) is 0 Å². The number of nitrogens with zero attached hydrogens (tertiary/aromatic N) is 1. The Bertz CT molecular complexity index is 258. The summed E-state index contributed by atoms with van der Waals surface area (Å²) in [5.41, 5.74) is 0. The first-order valence-corrected chi connectivity index (χ1v) is 5.58. The molecule has 1 aliphatic heterocycles. The van der Waals surface area contributed by atoms with Gasteiger partial charge in [-0.25, -0.2) is 0 Å². The van der Waals surface area contributed by atoms with Crippen molar-refractivity contribution in [1.82, 2.24) is 10.2 Å². The van der Waals surface area contributed by atoms with Crippen molar-refractivity contribution in [2.24, 2.45) is 5.92 Å². The zero-order chi connectivity index (χ0) is 12.9. The van der Waals surface area contributed by atoms with E-state index in [1.807, 2.05) is 0 Å². The van der Waals surface area contributed by atoms with Gasteiger partial charge in [-0.2, -0.15) is 13.2 Å². The van der Waals surface area contributed by atoms with Gasteiger partial charge >= 0.3 is 12.1 Å². The van der Waals surface area contributed by atoms with Gasteiger partial charge in [-0.15, -0.1) is 0 Å². The zero-order valence-electron chi connectivity index (χ0n) is 9.46. The Kier molecular flexibility index (Phi) is 5.20. The molecule has 1 fully saturated rings. The van der Waals surface area contributed by atoms with Gasteiger partial charge < -0.3 is 10.4 Å². The van der Waals surface area contributed by atoms with E-state index < -0.39 is 18.7 Å². The second-order valence-electron chi connectivity index (χ2n) is 4.38. The summed E-state index contributed by atoms with van der Waals surface area (Å²) in [6, 6.07) is 0. The third-order valence-electron chi connectivity index (χ3n) is 2.72. The quantitative estimate of drug-likeness (QED) is 0.766. The van der Waals surface area contributed by atoms with Gasteiger partial charge in [-0.05, 0) is 31.8 Å². The van der Waals surface area contributed by atoms with Crippen LogP contribution in [0.4, 0.5) is 13.2 Å². The van der Waals surface area contributed by atoms with E-state index in [1.165, 1.54) is 4.90 Å². The first-order chi connectivity index (χ1) is 7.87. The number of piperidine rings is 1. The van der Waals surface area contributed by atoms with Crippen molar-refractivity contribution in [1.29, 1.82) is 0 Å². The van der Waals surface area contributed by atoms with Crippen molar-refractivity contribution in [2.45, 2.75) is 19.0 Å². The molecule has 0 aromatic carbocycles. The second-order valence-corrected chi connectivity index (χ2v) is 4.38. The van der Waals surface area contributed by atoms with E-state index in [0.29, 0.717) is 19.6 Å². The Hall–Kier alpha value is -0.820. The molecule has 1 aliphatic rings. The maximum Gasteiger partial charge on any atom is 0.401 e. The molecule has 4 nitrogen and oxygen atoms in total. The smallest absolute Gasteiger partial charge is 0.401 e. The van der Waals surface area contributed by atoms with E-state index in [2.05, 4.69) is 5.32 Å². The highest BCUT2D eigenvalue weighted by molar-refractivity contribution is 5.68. The highest BCUT2D eigenvalue weighted by Gasteiger charge is 2.32. The van der Waals surface area contributed by atoms with Crippen LogP contribution in [0.25, 0.3) is 0 Å². The van der Waals surface area contributed by atoms with Crippen LogP contribution >= 0.6 is 0 Å². The van der Waals surface area contributed by atoms with Crippen LogP contribution in [-0.4, -0.2) is 54.9 Å². The number of likely N-dealkylation sites (tertiary alicyclic amines) is 1. The summed E-state index contributed by atoms with van der Waals surface area (Å²) >= 11 is 0. The molecule has 1 heterocycles. The number of carboxylic acids is 1. The Balaban J connectivity index is 2.26. The molecule has 1 atom stereocenters. The summed E-state index contributed by atoms with van der Waals surface area (Å²) in [7, 11) is 0. The third kappa shape index (κ3) is 6.48. The normalized spacial score (nSPS) is 22.6. The lowest BCUT2D eigenvalue weighted by Gasteiger charge is -2.33.